The number of aromatic nitrogens is 3. The van der Waals surface area contributed by atoms with Crippen molar-refractivity contribution in [3.63, 3.8) is 0 Å². The van der Waals surface area contributed by atoms with Crippen molar-refractivity contribution < 1.29 is 4.79 Å². The van der Waals surface area contributed by atoms with Crippen molar-refractivity contribution in [3.05, 3.63) is 103 Å². The summed E-state index contributed by atoms with van der Waals surface area (Å²) in [4.78, 5) is 18.9. The van der Waals surface area contributed by atoms with Gasteiger partial charge in [0.1, 0.15) is 5.37 Å². The lowest BCUT2D eigenvalue weighted by Gasteiger charge is -2.24. The highest BCUT2D eigenvalue weighted by Crippen LogP contribution is 2.43. The fourth-order valence-corrected chi connectivity index (χ4v) is 4.87. The molecule has 1 aliphatic rings. The summed E-state index contributed by atoms with van der Waals surface area (Å²) in [5.74, 6) is 0.631. The highest BCUT2D eigenvalue weighted by molar-refractivity contribution is 8.00. The van der Waals surface area contributed by atoms with Crippen molar-refractivity contribution in [2.75, 3.05) is 5.75 Å². The van der Waals surface area contributed by atoms with Crippen LogP contribution in [-0.4, -0.2) is 31.3 Å². The quantitative estimate of drug-likeness (QED) is 0.476. The summed E-state index contributed by atoms with van der Waals surface area (Å²) < 4.78 is 1.90. The zero-order chi connectivity index (χ0) is 20.3. The van der Waals surface area contributed by atoms with Crippen LogP contribution in [0.3, 0.4) is 0 Å². The molecule has 5 rings (SSSR count). The van der Waals surface area contributed by atoms with Crippen LogP contribution in [0.25, 0.3) is 16.9 Å². The molecule has 1 atom stereocenters. The van der Waals surface area contributed by atoms with E-state index in [-0.39, 0.29) is 11.3 Å². The molecular formula is C24H20N4OS. The highest BCUT2D eigenvalue weighted by atomic mass is 32.2. The highest BCUT2D eigenvalue weighted by Gasteiger charge is 2.35. The van der Waals surface area contributed by atoms with Crippen molar-refractivity contribution in [3.8, 4) is 16.9 Å². The third kappa shape index (κ3) is 3.62. The first-order chi connectivity index (χ1) is 14.8. The molecule has 0 spiro atoms. The van der Waals surface area contributed by atoms with Gasteiger partial charge in [0.2, 0.25) is 5.91 Å². The van der Waals surface area contributed by atoms with Crippen molar-refractivity contribution in [2.45, 2.75) is 11.9 Å². The normalized spacial score (nSPS) is 16.2. The number of carbonyl (C=O) groups excluding carboxylic acids is 1. The van der Waals surface area contributed by atoms with E-state index < -0.39 is 0 Å². The summed E-state index contributed by atoms with van der Waals surface area (Å²) in [6, 6.07) is 24.1. The van der Waals surface area contributed by atoms with E-state index in [1.54, 1.807) is 24.2 Å². The van der Waals surface area contributed by atoms with E-state index in [0.717, 1.165) is 28.1 Å². The van der Waals surface area contributed by atoms with Crippen molar-refractivity contribution in [1.82, 2.24) is 19.7 Å². The smallest absolute Gasteiger partial charge is 0.234 e. The summed E-state index contributed by atoms with van der Waals surface area (Å²) >= 11 is 1.66. The van der Waals surface area contributed by atoms with Crippen molar-refractivity contribution in [2.24, 2.45) is 0 Å². The largest absolute Gasteiger partial charge is 0.321 e. The van der Waals surface area contributed by atoms with Gasteiger partial charge in [-0.2, -0.15) is 5.10 Å². The molecule has 2 aromatic carbocycles. The molecule has 148 valence electrons. The zero-order valence-corrected chi connectivity index (χ0v) is 17.1. The maximum absolute atomic E-state index is 12.8. The average Bonchev–Trinajstić information content (AvgIpc) is 3.40. The molecule has 0 saturated carbocycles. The first-order valence-corrected chi connectivity index (χ1v) is 10.8. The molecule has 1 saturated heterocycles. The van der Waals surface area contributed by atoms with Crippen LogP contribution < -0.4 is 0 Å². The van der Waals surface area contributed by atoms with Crippen LogP contribution >= 0.6 is 11.8 Å². The second-order valence-electron chi connectivity index (χ2n) is 7.12. The molecule has 2 aromatic heterocycles. The number of para-hydroxylation sites is 1. The second kappa shape index (κ2) is 8.16. The third-order valence-electron chi connectivity index (χ3n) is 5.15. The number of benzene rings is 2. The molecule has 30 heavy (non-hydrogen) atoms. The molecular weight excluding hydrogens is 392 g/mol. The van der Waals surface area contributed by atoms with E-state index in [4.69, 9.17) is 5.10 Å². The van der Waals surface area contributed by atoms with E-state index in [0.29, 0.717) is 12.3 Å². The van der Waals surface area contributed by atoms with Gasteiger partial charge >= 0.3 is 0 Å². The fourth-order valence-electron chi connectivity index (χ4n) is 3.68. The summed E-state index contributed by atoms with van der Waals surface area (Å²) in [6.07, 6.45) is 5.60. The zero-order valence-electron chi connectivity index (χ0n) is 16.3. The van der Waals surface area contributed by atoms with Gasteiger partial charge in [0, 0.05) is 36.3 Å². The van der Waals surface area contributed by atoms with E-state index in [1.165, 1.54) is 0 Å². The van der Waals surface area contributed by atoms with Gasteiger partial charge in [0.15, 0.2) is 0 Å². The Balaban J connectivity index is 1.58. The van der Waals surface area contributed by atoms with Gasteiger partial charge in [-0.1, -0.05) is 48.5 Å². The Morgan fingerprint density at radius 3 is 2.37 bits per heavy atom. The van der Waals surface area contributed by atoms with E-state index in [2.05, 4.69) is 23.3 Å². The molecule has 0 unspecified atom stereocenters. The number of nitrogens with zero attached hydrogens (tertiary/aromatic N) is 4. The number of carbonyl (C=O) groups is 1. The Morgan fingerprint density at radius 1 is 0.933 bits per heavy atom. The molecule has 0 bridgehead atoms. The summed E-state index contributed by atoms with van der Waals surface area (Å²) in [7, 11) is 0. The van der Waals surface area contributed by atoms with Crippen molar-refractivity contribution in [1.29, 1.82) is 0 Å². The van der Waals surface area contributed by atoms with E-state index >= 15 is 0 Å². The molecule has 1 fully saturated rings. The number of hydrogen-bond donors (Lipinski definition) is 0. The Morgan fingerprint density at radius 2 is 1.63 bits per heavy atom. The minimum absolute atomic E-state index is 0.0849. The number of rotatable bonds is 5. The van der Waals surface area contributed by atoms with Crippen LogP contribution in [0.2, 0.25) is 0 Å². The van der Waals surface area contributed by atoms with Gasteiger partial charge in [-0.3, -0.25) is 9.78 Å². The summed E-state index contributed by atoms with van der Waals surface area (Å²) in [6.45, 7) is 0.587. The number of hydrogen-bond acceptors (Lipinski definition) is 4. The van der Waals surface area contributed by atoms with Crippen LogP contribution in [0, 0.1) is 0 Å². The minimum atomic E-state index is -0.0849. The average molecular weight is 413 g/mol. The Hall–Kier alpha value is -3.38. The molecule has 0 aliphatic carbocycles. The molecule has 0 N–H and O–H groups in total. The Labute approximate surface area is 179 Å². The summed E-state index contributed by atoms with van der Waals surface area (Å²) in [5, 5.41) is 4.81. The molecule has 0 radical (unpaired) electrons. The van der Waals surface area contributed by atoms with Gasteiger partial charge in [0.25, 0.3) is 0 Å². The number of amides is 1. The minimum Gasteiger partial charge on any atom is -0.321 e. The molecule has 5 nitrogen and oxygen atoms in total. The lowest BCUT2D eigenvalue weighted by molar-refractivity contribution is -0.128. The lowest BCUT2D eigenvalue weighted by Crippen LogP contribution is -2.27. The van der Waals surface area contributed by atoms with Crippen LogP contribution in [-0.2, 0) is 11.3 Å². The van der Waals surface area contributed by atoms with Gasteiger partial charge in [-0.25, -0.2) is 4.68 Å². The van der Waals surface area contributed by atoms with Gasteiger partial charge < -0.3 is 4.90 Å². The van der Waals surface area contributed by atoms with Crippen LogP contribution in [0.15, 0.2) is 91.4 Å². The molecule has 1 amide bonds. The van der Waals surface area contributed by atoms with Gasteiger partial charge in [-0.05, 0) is 29.8 Å². The first-order valence-electron chi connectivity index (χ1n) is 9.80. The topological polar surface area (TPSA) is 51.0 Å². The summed E-state index contributed by atoms with van der Waals surface area (Å²) in [5.41, 5.74) is 5.03. The van der Waals surface area contributed by atoms with Crippen LogP contribution in [0.5, 0.6) is 0 Å². The monoisotopic (exact) mass is 412 g/mol. The predicted molar refractivity (Wildman–Crippen MR) is 119 cm³/mol. The Kier molecular flexibility index (Phi) is 5.07. The number of pyridine rings is 1. The molecule has 1 aliphatic heterocycles. The maximum atomic E-state index is 12.8. The van der Waals surface area contributed by atoms with E-state index in [1.807, 2.05) is 70.2 Å². The third-order valence-corrected chi connectivity index (χ3v) is 6.38. The van der Waals surface area contributed by atoms with Gasteiger partial charge in [-0.15, -0.1) is 11.8 Å². The molecule has 3 heterocycles. The SMILES string of the molecule is O=C1CS[C@H](c2cn(-c3ccccc3)nc2-c2ccncc2)N1Cc1ccccc1. The predicted octanol–water partition coefficient (Wildman–Crippen LogP) is 4.71. The number of thioether (sulfide) groups is 1. The fraction of sp³-hybridized carbons (Fsp3) is 0.125. The van der Waals surface area contributed by atoms with Crippen LogP contribution in [0.4, 0.5) is 0 Å². The van der Waals surface area contributed by atoms with Crippen molar-refractivity contribution >= 4 is 17.7 Å². The molecule has 6 heteroatoms. The van der Waals surface area contributed by atoms with Crippen LogP contribution in [0.1, 0.15) is 16.5 Å². The van der Waals surface area contributed by atoms with Gasteiger partial charge in [0.05, 0.1) is 17.1 Å². The second-order valence-corrected chi connectivity index (χ2v) is 8.19. The lowest BCUT2D eigenvalue weighted by atomic mass is 10.1. The van der Waals surface area contributed by atoms with E-state index in [9.17, 15) is 4.79 Å². The maximum Gasteiger partial charge on any atom is 0.234 e. The first kappa shape index (κ1) is 18.6. The standard InChI is InChI=1S/C24H20N4OS/c29-22-17-30-24(27(22)15-18-7-3-1-4-8-18)21-16-28(20-9-5-2-6-10-20)26-23(21)19-11-13-25-14-12-19/h1-14,16,24H,15,17H2/t24-/m1/s1. The Bertz CT molecular complexity index is 1150. The molecule has 4 aromatic rings.